The van der Waals surface area contributed by atoms with Gasteiger partial charge in [0, 0.05) is 26.2 Å². The Morgan fingerprint density at radius 1 is 0.762 bits per heavy atom. The van der Waals surface area contributed by atoms with Crippen molar-refractivity contribution < 1.29 is 31.9 Å². The molecule has 0 heterocycles. The second-order valence-corrected chi connectivity index (χ2v) is 4.09. The fourth-order valence-electron chi connectivity index (χ4n) is 1.64. The maximum atomic E-state index is 13.5. The minimum Gasteiger partial charge on any atom is -0.336 e. The van der Waals surface area contributed by atoms with Gasteiger partial charge in [-0.15, -0.1) is 0 Å². The normalized spacial score (nSPS) is 12.2. The van der Waals surface area contributed by atoms with Crippen LogP contribution >= 0.6 is 0 Å². The molecule has 0 aliphatic carbocycles. The van der Waals surface area contributed by atoms with E-state index in [0.717, 1.165) is 0 Å². The number of hydrogen-bond donors (Lipinski definition) is 0. The molecule has 0 aliphatic heterocycles. The van der Waals surface area contributed by atoms with Gasteiger partial charge in [-0.1, -0.05) is 0 Å². The maximum absolute atomic E-state index is 13.5. The minimum absolute atomic E-state index is 0.0934. The standard InChI is InChI=1S/C12H20F4N2O3/c1-5-17(6-2)9(19)11(13,14)21-12(15,16)10(20)18(7-3)8-4/h5-8H2,1-4H3. The van der Waals surface area contributed by atoms with E-state index in [-0.39, 0.29) is 26.2 Å². The first kappa shape index (κ1) is 19.6. The molecule has 5 nitrogen and oxygen atoms in total. The van der Waals surface area contributed by atoms with Crippen LogP contribution in [0.1, 0.15) is 27.7 Å². The molecule has 0 atom stereocenters. The summed E-state index contributed by atoms with van der Waals surface area (Å²) in [6, 6.07) is 0. The van der Waals surface area contributed by atoms with Crippen LogP contribution in [0.2, 0.25) is 0 Å². The lowest BCUT2D eigenvalue weighted by Crippen LogP contribution is -2.53. The van der Waals surface area contributed by atoms with Crippen LogP contribution in [0.5, 0.6) is 0 Å². The molecule has 0 aliphatic rings. The first-order chi connectivity index (χ1) is 9.57. The lowest BCUT2D eigenvalue weighted by atomic mass is 10.4. The van der Waals surface area contributed by atoms with E-state index in [1.165, 1.54) is 27.7 Å². The first-order valence-electron chi connectivity index (χ1n) is 6.61. The average molecular weight is 316 g/mol. The molecule has 0 bridgehead atoms. The summed E-state index contributed by atoms with van der Waals surface area (Å²) >= 11 is 0. The topological polar surface area (TPSA) is 49.9 Å². The predicted octanol–water partition coefficient (Wildman–Crippen LogP) is 1.93. The Labute approximate surface area is 120 Å². The Balaban J connectivity index is 5.14. The highest BCUT2D eigenvalue weighted by Crippen LogP contribution is 2.30. The van der Waals surface area contributed by atoms with Gasteiger partial charge in [-0.05, 0) is 27.7 Å². The van der Waals surface area contributed by atoms with Crippen molar-refractivity contribution in [2.24, 2.45) is 0 Å². The lowest BCUT2D eigenvalue weighted by Gasteiger charge is -2.29. The van der Waals surface area contributed by atoms with Crippen LogP contribution in [0, 0.1) is 0 Å². The fraction of sp³-hybridized carbons (Fsp3) is 0.833. The molecule has 2 amide bonds. The minimum atomic E-state index is -4.78. The number of alkyl halides is 4. The van der Waals surface area contributed by atoms with E-state index in [0.29, 0.717) is 9.80 Å². The summed E-state index contributed by atoms with van der Waals surface area (Å²) in [7, 11) is 0. The molecule has 0 spiro atoms. The summed E-state index contributed by atoms with van der Waals surface area (Å²) in [5.41, 5.74) is 0. The highest BCUT2D eigenvalue weighted by atomic mass is 19.3. The summed E-state index contributed by atoms with van der Waals surface area (Å²) in [6.45, 7) is 5.28. The molecule has 124 valence electrons. The first-order valence-corrected chi connectivity index (χ1v) is 6.61. The summed E-state index contributed by atoms with van der Waals surface area (Å²) in [6.07, 6.45) is -9.56. The van der Waals surface area contributed by atoms with E-state index in [1.807, 2.05) is 0 Å². The summed E-state index contributed by atoms with van der Waals surface area (Å²) in [5, 5.41) is 0. The van der Waals surface area contributed by atoms with E-state index < -0.39 is 24.0 Å². The van der Waals surface area contributed by atoms with E-state index in [2.05, 4.69) is 4.74 Å². The molecule has 0 radical (unpaired) electrons. The van der Waals surface area contributed by atoms with E-state index >= 15 is 0 Å². The van der Waals surface area contributed by atoms with Crippen molar-refractivity contribution >= 4 is 11.8 Å². The zero-order chi connectivity index (χ0) is 16.8. The van der Waals surface area contributed by atoms with Crippen molar-refractivity contribution in [1.82, 2.24) is 9.80 Å². The Bertz CT molecular complexity index is 336. The molecule has 0 aromatic rings. The summed E-state index contributed by atoms with van der Waals surface area (Å²) in [5.74, 6) is -3.81. The smallest absolute Gasteiger partial charge is 0.336 e. The van der Waals surface area contributed by atoms with Gasteiger partial charge < -0.3 is 9.80 Å². The Hall–Kier alpha value is -1.38. The molecular formula is C12H20F4N2O3. The van der Waals surface area contributed by atoms with Crippen LogP contribution in [-0.4, -0.2) is 60.0 Å². The molecule has 0 saturated carbocycles. The molecule has 21 heavy (non-hydrogen) atoms. The van der Waals surface area contributed by atoms with Crippen LogP contribution in [0.15, 0.2) is 0 Å². The van der Waals surface area contributed by atoms with E-state index in [1.54, 1.807) is 0 Å². The van der Waals surface area contributed by atoms with E-state index in [4.69, 9.17) is 0 Å². The number of hydrogen-bond acceptors (Lipinski definition) is 3. The van der Waals surface area contributed by atoms with Gasteiger partial charge in [0.25, 0.3) is 0 Å². The quantitative estimate of drug-likeness (QED) is 0.643. The highest BCUT2D eigenvalue weighted by Gasteiger charge is 2.56. The zero-order valence-electron chi connectivity index (χ0n) is 12.5. The maximum Gasteiger partial charge on any atom is 0.441 e. The number of carbonyl (C=O) groups excluding carboxylic acids is 2. The second-order valence-electron chi connectivity index (χ2n) is 4.09. The Morgan fingerprint density at radius 2 is 1.00 bits per heavy atom. The van der Waals surface area contributed by atoms with Crippen molar-refractivity contribution in [2.75, 3.05) is 26.2 Å². The van der Waals surface area contributed by atoms with Gasteiger partial charge in [-0.25, -0.2) is 4.74 Å². The van der Waals surface area contributed by atoms with Crippen molar-refractivity contribution in [1.29, 1.82) is 0 Å². The van der Waals surface area contributed by atoms with Gasteiger partial charge in [-0.3, -0.25) is 9.59 Å². The van der Waals surface area contributed by atoms with Gasteiger partial charge in [-0.2, -0.15) is 17.6 Å². The lowest BCUT2D eigenvalue weighted by molar-refractivity contribution is -0.347. The molecular weight excluding hydrogens is 296 g/mol. The third-order valence-electron chi connectivity index (χ3n) is 2.86. The average Bonchev–Trinajstić information content (AvgIpc) is 2.40. The van der Waals surface area contributed by atoms with Crippen LogP contribution in [0.25, 0.3) is 0 Å². The number of rotatable bonds is 8. The van der Waals surface area contributed by atoms with Crippen molar-refractivity contribution in [3.05, 3.63) is 0 Å². The number of carbonyl (C=O) groups is 2. The molecule has 0 saturated heterocycles. The predicted molar refractivity (Wildman–Crippen MR) is 66.8 cm³/mol. The molecule has 0 unspecified atom stereocenters. The molecule has 9 heteroatoms. The van der Waals surface area contributed by atoms with Gasteiger partial charge in [0.1, 0.15) is 0 Å². The van der Waals surface area contributed by atoms with Crippen LogP contribution in [0.4, 0.5) is 17.6 Å². The fourth-order valence-corrected chi connectivity index (χ4v) is 1.64. The SMILES string of the molecule is CCN(CC)C(=O)C(F)(F)OC(F)(F)C(=O)N(CC)CC. The highest BCUT2D eigenvalue weighted by molar-refractivity contribution is 5.85. The molecule has 0 aromatic heterocycles. The van der Waals surface area contributed by atoms with Gasteiger partial charge in [0.05, 0.1) is 0 Å². The van der Waals surface area contributed by atoms with Crippen molar-refractivity contribution in [3.63, 3.8) is 0 Å². The molecule has 0 aromatic carbocycles. The number of likely N-dealkylation sites (N-methyl/N-ethyl adjacent to an activating group) is 2. The van der Waals surface area contributed by atoms with Gasteiger partial charge >= 0.3 is 24.0 Å². The number of amides is 2. The zero-order valence-corrected chi connectivity index (χ0v) is 12.5. The van der Waals surface area contributed by atoms with Crippen molar-refractivity contribution in [2.45, 2.75) is 39.9 Å². The third kappa shape index (κ3) is 4.83. The summed E-state index contributed by atoms with van der Waals surface area (Å²) in [4.78, 5) is 24.1. The molecule has 0 rings (SSSR count). The van der Waals surface area contributed by atoms with Crippen LogP contribution in [0.3, 0.4) is 0 Å². The number of ether oxygens (including phenoxy) is 1. The number of halogens is 4. The number of nitrogens with zero attached hydrogens (tertiary/aromatic N) is 2. The Kier molecular flexibility index (Phi) is 7.08. The Morgan fingerprint density at radius 3 is 1.19 bits per heavy atom. The van der Waals surface area contributed by atoms with Crippen molar-refractivity contribution in [3.8, 4) is 0 Å². The van der Waals surface area contributed by atoms with Crippen LogP contribution < -0.4 is 0 Å². The van der Waals surface area contributed by atoms with Gasteiger partial charge in [0.15, 0.2) is 0 Å². The summed E-state index contributed by atoms with van der Waals surface area (Å²) < 4.78 is 57.3. The largest absolute Gasteiger partial charge is 0.441 e. The molecule has 0 fully saturated rings. The third-order valence-corrected chi connectivity index (χ3v) is 2.86. The monoisotopic (exact) mass is 316 g/mol. The van der Waals surface area contributed by atoms with Crippen LogP contribution in [-0.2, 0) is 14.3 Å². The van der Waals surface area contributed by atoms with E-state index in [9.17, 15) is 27.2 Å². The van der Waals surface area contributed by atoms with Gasteiger partial charge in [0.2, 0.25) is 0 Å². The molecule has 0 N–H and O–H groups in total. The second kappa shape index (κ2) is 7.58.